The molecule has 0 atom stereocenters. The summed E-state index contributed by atoms with van der Waals surface area (Å²) >= 11 is 0. The van der Waals surface area contributed by atoms with Crippen LogP contribution in [-0.2, 0) is 4.74 Å². The molecule has 102 valence electrons. The van der Waals surface area contributed by atoms with Crippen molar-refractivity contribution in [3.63, 3.8) is 0 Å². The van der Waals surface area contributed by atoms with Crippen LogP contribution in [0.5, 0.6) is 5.75 Å². The highest BCUT2D eigenvalue weighted by molar-refractivity contribution is 5.68. The largest absolute Gasteiger partial charge is 0.432 e. The van der Waals surface area contributed by atoms with Gasteiger partial charge in [-0.2, -0.15) is 8.78 Å². The summed E-state index contributed by atoms with van der Waals surface area (Å²) in [5.41, 5.74) is 6.04. The maximum atomic E-state index is 13.2. The molecule has 0 radical (unpaired) electrons. The molecule has 0 saturated heterocycles. The average molecular weight is 264 g/mol. The van der Waals surface area contributed by atoms with E-state index in [-0.39, 0.29) is 5.69 Å². The standard InChI is InChI=1S/C11H15F3N2O2/c1-17-4-2-3-16-9-6-10(18-11(13)14)7(12)5-8(9)15/h5-6,11,16H,2-4,15H2,1H3. The normalized spacial score (nSPS) is 10.7. The van der Waals surface area contributed by atoms with E-state index in [9.17, 15) is 13.2 Å². The zero-order valence-electron chi connectivity index (χ0n) is 9.88. The summed E-state index contributed by atoms with van der Waals surface area (Å²) in [5, 5.41) is 2.89. The fraction of sp³-hybridized carbons (Fsp3) is 0.455. The van der Waals surface area contributed by atoms with Crippen molar-refractivity contribution < 1.29 is 22.6 Å². The first kappa shape index (κ1) is 14.4. The highest BCUT2D eigenvalue weighted by Crippen LogP contribution is 2.29. The first-order valence-electron chi connectivity index (χ1n) is 5.31. The van der Waals surface area contributed by atoms with Crippen molar-refractivity contribution in [1.29, 1.82) is 0 Å². The predicted molar refractivity (Wildman–Crippen MR) is 62.4 cm³/mol. The monoisotopic (exact) mass is 264 g/mol. The van der Waals surface area contributed by atoms with E-state index in [2.05, 4.69) is 10.1 Å². The van der Waals surface area contributed by atoms with Gasteiger partial charge < -0.3 is 20.5 Å². The Morgan fingerprint density at radius 2 is 2.11 bits per heavy atom. The van der Waals surface area contributed by atoms with Gasteiger partial charge in [-0.3, -0.25) is 0 Å². The van der Waals surface area contributed by atoms with Crippen molar-refractivity contribution >= 4 is 11.4 Å². The molecule has 0 heterocycles. The van der Waals surface area contributed by atoms with Crippen molar-refractivity contribution in [3.05, 3.63) is 17.9 Å². The fourth-order valence-electron chi connectivity index (χ4n) is 1.35. The Hall–Kier alpha value is -1.63. The number of ether oxygens (including phenoxy) is 2. The third-order valence-electron chi connectivity index (χ3n) is 2.16. The van der Waals surface area contributed by atoms with Crippen LogP contribution in [0.3, 0.4) is 0 Å². The molecule has 0 saturated carbocycles. The molecule has 0 fully saturated rings. The van der Waals surface area contributed by atoms with E-state index in [1.54, 1.807) is 7.11 Å². The molecular formula is C11H15F3N2O2. The second-order valence-electron chi connectivity index (χ2n) is 3.52. The number of alkyl halides is 2. The van der Waals surface area contributed by atoms with Crippen LogP contribution >= 0.6 is 0 Å². The van der Waals surface area contributed by atoms with Gasteiger partial charge in [0.05, 0.1) is 11.4 Å². The molecule has 0 aliphatic rings. The molecule has 0 amide bonds. The van der Waals surface area contributed by atoms with Crippen LogP contribution in [-0.4, -0.2) is 26.9 Å². The summed E-state index contributed by atoms with van der Waals surface area (Å²) in [6.07, 6.45) is 0.707. The summed E-state index contributed by atoms with van der Waals surface area (Å²) in [7, 11) is 1.57. The lowest BCUT2D eigenvalue weighted by atomic mass is 10.2. The number of hydrogen-bond donors (Lipinski definition) is 2. The van der Waals surface area contributed by atoms with E-state index < -0.39 is 18.2 Å². The van der Waals surface area contributed by atoms with E-state index in [1.807, 2.05) is 0 Å². The Morgan fingerprint density at radius 1 is 1.39 bits per heavy atom. The molecule has 0 spiro atoms. The number of hydrogen-bond acceptors (Lipinski definition) is 4. The van der Waals surface area contributed by atoms with E-state index in [1.165, 1.54) is 0 Å². The number of anilines is 2. The maximum absolute atomic E-state index is 13.2. The van der Waals surface area contributed by atoms with Gasteiger partial charge in [0.2, 0.25) is 0 Å². The molecule has 0 bridgehead atoms. The molecule has 1 aromatic rings. The minimum Gasteiger partial charge on any atom is -0.432 e. The SMILES string of the molecule is COCCCNc1cc(OC(F)F)c(F)cc1N. The number of nitrogen functional groups attached to an aromatic ring is 1. The summed E-state index contributed by atoms with van der Waals surface area (Å²) in [5.74, 6) is -1.45. The second-order valence-corrected chi connectivity index (χ2v) is 3.52. The van der Waals surface area contributed by atoms with Crippen LogP contribution < -0.4 is 15.8 Å². The van der Waals surface area contributed by atoms with Gasteiger partial charge in [0, 0.05) is 32.4 Å². The zero-order valence-corrected chi connectivity index (χ0v) is 9.88. The van der Waals surface area contributed by atoms with E-state index in [0.29, 0.717) is 25.3 Å². The van der Waals surface area contributed by atoms with Crippen molar-refractivity contribution in [2.45, 2.75) is 13.0 Å². The molecule has 4 nitrogen and oxygen atoms in total. The van der Waals surface area contributed by atoms with Crippen molar-refractivity contribution in [3.8, 4) is 5.75 Å². The minimum atomic E-state index is -3.08. The van der Waals surface area contributed by atoms with E-state index in [4.69, 9.17) is 10.5 Å². The van der Waals surface area contributed by atoms with Gasteiger partial charge in [0.15, 0.2) is 11.6 Å². The Labute approximate surface area is 103 Å². The number of methoxy groups -OCH3 is 1. The Balaban J connectivity index is 2.71. The molecule has 0 unspecified atom stereocenters. The molecule has 3 N–H and O–H groups in total. The van der Waals surface area contributed by atoms with Gasteiger partial charge in [-0.1, -0.05) is 0 Å². The summed E-state index contributed by atoms with van der Waals surface area (Å²) in [6.45, 7) is -2.00. The Morgan fingerprint density at radius 3 is 2.72 bits per heavy atom. The molecule has 1 aromatic carbocycles. The molecule has 7 heteroatoms. The van der Waals surface area contributed by atoms with Gasteiger partial charge in [0.1, 0.15) is 0 Å². The zero-order chi connectivity index (χ0) is 13.5. The molecule has 0 aliphatic heterocycles. The van der Waals surface area contributed by atoms with Crippen molar-refractivity contribution in [2.75, 3.05) is 31.3 Å². The number of benzene rings is 1. The van der Waals surface area contributed by atoms with Crippen molar-refractivity contribution in [2.24, 2.45) is 0 Å². The predicted octanol–water partition coefficient (Wildman–Crippen LogP) is 2.46. The summed E-state index contributed by atoms with van der Waals surface area (Å²) in [4.78, 5) is 0. The molecule has 18 heavy (non-hydrogen) atoms. The minimum absolute atomic E-state index is 0.131. The van der Waals surface area contributed by atoms with Crippen molar-refractivity contribution in [1.82, 2.24) is 0 Å². The summed E-state index contributed by atoms with van der Waals surface area (Å²) in [6, 6.07) is 2.06. The maximum Gasteiger partial charge on any atom is 0.387 e. The quantitative estimate of drug-likeness (QED) is 0.586. The first-order valence-corrected chi connectivity index (χ1v) is 5.31. The highest BCUT2D eigenvalue weighted by Gasteiger charge is 2.13. The van der Waals surface area contributed by atoms with Crippen LogP contribution in [0.25, 0.3) is 0 Å². The van der Waals surface area contributed by atoms with Crippen LogP contribution in [0.1, 0.15) is 6.42 Å². The average Bonchev–Trinajstić information content (AvgIpc) is 2.29. The van der Waals surface area contributed by atoms with Crippen LogP contribution in [0.2, 0.25) is 0 Å². The van der Waals surface area contributed by atoms with Crippen LogP contribution in [0.4, 0.5) is 24.5 Å². The fourth-order valence-corrected chi connectivity index (χ4v) is 1.35. The summed E-state index contributed by atoms with van der Waals surface area (Å²) < 4.78 is 46.2. The number of halogens is 3. The lowest BCUT2D eigenvalue weighted by Crippen LogP contribution is -2.09. The molecule has 0 aromatic heterocycles. The number of nitrogens with one attached hydrogen (secondary N) is 1. The number of nitrogens with two attached hydrogens (primary N) is 1. The third-order valence-corrected chi connectivity index (χ3v) is 2.16. The Bertz CT molecular complexity index is 389. The van der Waals surface area contributed by atoms with Gasteiger partial charge in [-0.05, 0) is 6.42 Å². The van der Waals surface area contributed by atoms with Gasteiger partial charge in [-0.15, -0.1) is 0 Å². The first-order chi connectivity index (χ1) is 8.54. The van der Waals surface area contributed by atoms with E-state index >= 15 is 0 Å². The number of rotatable bonds is 7. The topological polar surface area (TPSA) is 56.5 Å². The third kappa shape index (κ3) is 4.33. The lowest BCUT2D eigenvalue weighted by Gasteiger charge is -2.12. The molecular weight excluding hydrogens is 249 g/mol. The van der Waals surface area contributed by atoms with Gasteiger partial charge in [0.25, 0.3) is 0 Å². The van der Waals surface area contributed by atoms with E-state index in [0.717, 1.165) is 12.1 Å². The Kier molecular flexibility index (Phi) is 5.57. The van der Waals surface area contributed by atoms with Crippen LogP contribution in [0, 0.1) is 5.82 Å². The second kappa shape index (κ2) is 6.95. The smallest absolute Gasteiger partial charge is 0.387 e. The van der Waals surface area contributed by atoms with Gasteiger partial charge in [-0.25, -0.2) is 4.39 Å². The molecule has 1 rings (SSSR count). The van der Waals surface area contributed by atoms with Crippen LogP contribution in [0.15, 0.2) is 12.1 Å². The lowest BCUT2D eigenvalue weighted by molar-refractivity contribution is -0.0521. The molecule has 0 aliphatic carbocycles. The van der Waals surface area contributed by atoms with Gasteiger partial charge >= 0.3 is 6.61 Å². The highest BCUT2D eigenvalue weighted by atomic mass is 19.3.